The van der Waals surface area contributed by atoms with Crippen LogP contribution in [0.3, 0.4) is 0 Å². The van der Waals surface area contributed by atoms with Crippen molar-refractivity contribution in [2.45, 2.75) is 33.2 Å². The van der Waals surface area contributed by atoms with Crippen molar-refractivity contribution in [2.75, 3.05) is 0 Å². The zero-order valence-corrected chi connectivity index (χ0v) is 9.16. The van der Waals surface area contributed by atoms with E-state index in [9.17, 15) is 4.79 Å². The molecule has 0 spiro atoms. The molecule has 0 saturated heterocycles. The lowest BCUT2D eigenvalue weighted by Gasteiger charge is -2.02. The van der Waals surface area contributed by atoms with Crippen LogP contribution in [0, 0.1) is 13.8 Å². The molecule has 4 nitrogen and oxygen atoms in total. The van der Waals surface area contributed by atoms with Crippen LogP contribution in [0.4, 0.5) is 0 Å². The predicted octanol–water partition coefficient (Wildman–Crippen LogP) is 2.16. The van der Waals surface area contributed by atoms with Crippen molar-refractivity contribution in [3.8, 4) is 0 Å². The van der Waals surface area contributed by atoms with Crippen molar-refractivity contribution in [1.29, 1.82) is 0 Å². The van der Waals surface area contributed by atoms with Gasteiger partial charge in [-0.2, -0.15) is 5.10 Å². The van der Waals surface area contributed by atoms with E-state index in [0.29, 0.717) is 11.3 Å². The highest BCUT2D eigenvalue weighted by Gasteiger charge is 2.16. The van der Waals surface area contributed by atoms with Crippen molar-refractivity contribution in [3.63, 3.8) is 0 Å². The number of carbonyl (C=O) groups is 1. The molecule has 1 heterocycles. The maximum atomic E-state index is 10.9. The quantitative estimate of drug-likeness (QED) is 0.596. The lowest BCUT2D eigenvalue weighted by Crippen LogP contribution is -2.04. The molecule has 0 unspecified atom stereocenters. The molecule has 1 aromatic heterocycles. The largest absolute Gasteiger partial charge is 0.478 e. The lowest BCUT2D eigenvalue weighted by molar-refractivity contribution is 0.0695. The van der Waals surface area contributed by atoms with Crippen LogP contribution in [-0.4, -0.2) is 20.9 Å². The smallest absolute Gasteiger partial charge is 0.339 e. The van der Waals surface area contributed by atoms with Crippen LogP contribution in [0.2, 0.25) is 0 Å². The molecule has 0 fully saturated rings. The standard InChI is InChI=1S/C11H16N2O2/c1-4-5-6-7-13-9(3)10(11(14)15)8(2)12-13/h4H,1,5-7H2,2-3H3,(H,14,15). The van der Waals surface area contributed by atoms with E-state index >= 15 is 0 Å². The number of aromatic carboxylic acids is 1. The average Bonchev–Trinajstić information content (AvgIpc) is 2.42. The molecule has 1 rings (SSSR count). The van der Waals surface area contributed by atoms with Gasteiger partial charge in [-0.25, -0.2) is 4.79 Å². The van der Waals surface area contributed by atoms with Crippen molar-refractivity contribution in [2.24, 2.45) is 0 Å². The summed E-state index contributed by atoms with van der Waals surface area (Å²) in [7, 11) is 0. The van der Waals surface area contributed by atoms with E-state index in [1.54, 1.807) is 18.5 Å². The van der Waals surface area contributed by atoms with Gasteiger partial charge < -0.3 is 5.11 Å². The zero-order valence-electron chi connectivity index (χ0n) is 9.16. The monoisotopic (exact) mass is 208 g/mol. The van der Waals surface area contributed by atoms with Crippen LogP contribution in [0.15, 0.2) is 12.7 Å². The molecular formula is C11H16N2O2. The number of carboxylic acid groups (broad SMARTS) is 1. The van der Waals surface area contributed by atoms with Gasteiger partial charge in [-0.3, -0.25) is 4.68 Å². The molecule has 0 atom stereocenters. The molecule has 0 bridgehead atoms. The average molecular weight is 208 g/mol. The summed E-state index contributed by atoms with van der Waals surface area (Å²) in [4.78, 5) is 10.9. The minimum absolute atomic E-state index is 0.327. The summed E-state index contributed by atoms with van der Waals surface area (Å²) < 4.78 is 1.75. The number of aryl methyl sites for hydroxylation is 2. The Morgan fingerprint density at radius 2 is 2.27 bits per heavy atom. The van der Waals surface area contributed by atoms with Gasteiger partial charge >= 0.3 is 5.97 Å². The highest BCUT2D eigenvalue weighted by molar-refractivity contribution is 5.90. The first-order valence-electron chi connectivity index (χ1n) is 4.96. The second kappa shape index (κ2) is 4.77. The summed E-state index contributed by atoms with van der Waals surface area (Å²) in [6.07, 6.45) is 3.70. The van der Waals surface area contributed by atoms with Gasteiger partial charge in [0.15, 0.2) is 0 Å². The minimum atomic E-state index is -0.903. The summed E-state index contributed by atoms with van der Waals surface area (Å²) in [5, 5.41) is 13.2. The fraction of sp³-hybridized carbons (Fsp3) is 0.455. The van der Waals surface area contributed by atoms with Gasteiger partial charge in [-0.15, -0.1) is 6.58 Å². The fourth-order valence-electron chi connectivity index (χ4n) is 1.61. The Morgan fingerprint density at radius 1 is 1.60 bits per heavy atom. The van der Waals surface area contributed by atoms with Crippen LogP contribution in [-0.2, 0) is 6.54 Å². The van der Waals surface area contributed by atoms with E-state index in [2.05, 4.69) is 11.7 Å². The molecule has 15 heavy (non-hydrogen) atoms. The maximum Gasteiger partial charge on any atom is 0.339 e. The second-order valence-corrected chi connectivity index (χ2v) is 3.51. The third-order valence-corrected chi connectivity index (χ3v) is 2.37. The van der Waals surface area contributed by atoms with E-state index in [-0.39, 0.29) is 0 Å². The van der Waals surface area contributed by atoms with Crippen molar-refractivity contribution >= 4 is 5.97 Å². The Morgan fingerprint density at radius 3 is 2.73 bits per heavy atom. The number of hydrogen-bond donors (Lipinski definition) is 1. The Bertz CT molecular complexity index is 380. The fourth-order valence-corrected chi connectivity index (χ4v) is 1.61. The predicted molar refractivity (Wildman–Crippen MR) is 58.1 cm³/mol. The van der Waals surface area contributed by atoms with Crippen LogP contribution in [0.1, 0.15) is 34.6 Å². The molecule has 0 aliphatic rings. The number of nitrogens with zero attached hydrogens (tertiary/aromatic N) is 2. The van der Waals surface area contributed by atoms with Gasteiger partial charge in [0.25, 0.3) is 0 Å². The van der Waals surface area contributed by atoms with E-state index in [4.69, 9.17) is 5.11 Å². The Balaban J connectivity index is 2.86. The van der Waals surface area contributed by atoms with Crippen LogP contribution >= 0.6 is 0 Å². The van der Waals surface area contributed by atoms with Crippen LogP contribution < -0.4 is 0 Å². The third kappa shape index (κ3) is 2.46. The van der Waals surface area contributed by atoms with Gasteiger partial charge in [-0.05, 0) is 26.7 Å². The molecule has 82 valence electrons. The van der Waals surface area contributed by atoms with Gasteiger partial charge in [0.2, 0.25) is 0 Å². The van der Waals surface area contributed by atoms with E-state index in [0.717, 1.165) is 25.1 Å². The molecule has 0 aromatic carbocycles. The molecule has 0 aliphatic heterocycles. The first-order chi connectivity index (χ1) is 7.07. The van der Waals surface area contributed by atoms with Gasteiger partial charge in [-0.1, -0.05) is 6.08 Å². The highest BCUT2D eigenvalue weighted by atomic mass is 16.4. The first-order valence-corrected chi connectivity index (χ1v) is 4.96. The molecular weight excluding hydrogens is 192 g/mol. The molecule has 1 N–H and O–H groups in total. The second-order valence-electron chi connectivity index (χ2n) is 3.51. The summed E-state index contributed by atoms with van der Waals surface area (Å²) in [6, 6.07) is 0. The summed E-state index contributed by atoms with van der Waals surface area (Å²) in [5.74, 6) is -0.903. The SMILES string of the molecule is C=CCCCn1nc(C)c(C(=O)O)c1C. The first kappa shape index (κ1) is 11.5. The number of rotatable bonds is 5. The van der Waals surface area contributed by atoms with Crippen LogP contribution in [0.25, 0.3) is 0 Å². The highest BCUT2D eigenvalue weighted by Crippen LogP contribution is 2.13. The Labute approximate surface area is 89.2 Å². The number of hydrogen-bond acceptors (Lipinski definition) is 2. The number of aromatic nitrogens is 2. The van der Waals surface area contributed by atoms with E-state index in [1.165, 1.54) is 0 Å². The molecule has 0 radical (unpaired) electrons. The normalized spacial score (nSPS) is 10.3. The Hall–Kier alpha value is -1.58. The number of carboxylic acids is 1. The van der Waals surface area contributed by atoms with Gasteiger partial charge in [0.1, 0.15) is 5.56 Å². The van der Waals surface area contributed by atoms with Crippen molar-refractivity contribution < 1.29 is 9.90 Å². The third-order valence-electron chi connectivity index (χ3n) is 2.37. The zero-order chi connectivity index (χ0) is 11.4. The Kier molecular flexibility index (Phi) is 3.66. The minimum Gasteiger partial charge on any atom is -0.478 e. The summed E-state index contributed by atoms with van der Waals surface area (Å²) in [6.45, 7) is 7.90. The van der Waals surface area contributed by atoms with E-state index in [1.807, 2.05) is 6.08 Å². The lowest BCUT2D eigenvalue weighted by atomic mass is 10.2. The number of allylic oxidation sites excluding steroid dienone is 1. The van der Waals surface area contributed by atoms with Crippen molar-refractivity contribution in [3.05, 3.63) is 29.6 Å². The molecule has 0 amide bonds. The summed E-state index contributed by atoms with van der Waals surface area (Å²) in [5.41, 5.74) is 1.64. The summed E-state index contributed by atoms with van der Waals surface area (Å²) >= 11 is 0. The topological polar surface area (TPSA) is 55.1 Å². The van der Waals surface area contributed by atoms with Gasteiger partial charge in [0.05, 0.1) is 11.4 Å². The molecule has 0 saturated carbocycles. The molecule has 1 aromatic rings. The maximum absolute atomic E-state index is 10.9. The van der Waals surface area contributed by atoms with Crippen LogP contribution in [0.5, 0.6) is 0 Å². The van der Waals surface area contributed by atoms with Gasteiger partial charge in [0, 0.05) is 6.54 Å². The van der Waals surface area contributed by atoms with Crippen molar-refractivity contribution in [1.82, 2.24) is 9.78 Å². The molecule has 4 heteroatoms. The molecule has 0 aliphatic carbocycles. The van der Waals surface area contributed by atoms with E-state index < -0.39 is 5.97 Å². The number of unbranched alkanes of at least 4 members (excludes halogenated alkanes) is 1.